The topological polar surface area (TPSA) is 81.1 Å². The number of hydrogen-bond donors (Lipinski definition) is 0. The van der Waals surface area contributed by atoms with E-state index in [1.165, 1.54) is 12.4 Å². The van der Waals surface area contributed by atoms with Crippen molar-refractivity contribution in [2.24, 2.45) is 0 Å². The van der Waals surface area contributed by atoms with Crippen molar-refractivity contribution in [2.75, 3.05) is 13.1 Å². The molecule has 0 N–H and O–H groups in total. The van der Waals surface area contributed by atoms with Crippen LogP contribution >= 0.6 is 0 Å². The molecule has 3 aromatic rings. The van der Waals surface area contributed by atoms with Crippen molar-refractivity contribution >= 4 is 5.91 Å². The molecule has 0 spiro atoms. The van der Waals surface area contributed by atoms with Gasteiger partial charge in [0.2, 0.25) is 5.88 Å². The number of amides is 1. The first-order valence-electron chi connectivity index (χ1n) is 8.90. The van der Waals surface area contributed by atoms with E-state index < -0.39 is 0 Å². The lowest BCUT2D eigenvalue weighted by atomic mass is 9.94. The highest BCUT2D eigenvalue weighted by Crippen LogP contribution is 2.28. The monoisotopic (exact) mass is 361 g/mol. The molecule has 1 aromatic carbocycles. The zero-order valence-electron chi connectivity index (χ0n) is 14.7. The number of piperidine rings is 1. The van der Waals surface area contributed by atoms with Gasteiger partial charge in [-0.15, -0.1) is 0 Å². The van der Waals surface area contributed by atoms with Crippen molar-refractivity contribution in [1.82, 2.24) is 25.1 Å². The highest BCUT2D eigenvalue weighted by Gasteiger charge is 2.27. The summed E-state index contributed by atoms with van der Waals surface area (Å²) in [5, 5.41) is 7.52. The summed E-state index contributed by atoms with van der Waals surface area (Å²) in [5.74, 6) is 1.28. The zero-order valence-corrected chi connectivity index (χ0v) is 14.7. The molecule has 7 nitrogen and oxygen atoms in total. The van der Waals surface area contributed by atoms with Crippen molar-refractivity contribution in [3.05, 3.63) is 72.4 Å². The van der Waals surface area contributed by atoms with Gasteiger partial charge in [0.15, 0.2) is 0 Å². The summed E-state index contributed by atoms with van der Waals surface area (Å²) in [6.07, 6.45) is 8.27. The molecule has 0 radical (unpaired) electrons. The standard InChI is InChI=1S/C20H19N5O2/c26-20(15-8-9-22-23-11-15)25-10-4-5-16(14-25)18-12-21-13-19(24-18)27-17-6-2-1-3-7-17/h1-3,6-9,11-13,16H,4-5,10,14H2. The Morgan fingerprint density at radius 2 is 1.96 bits per heavy atom. The van der Waals surface area contributed by atoms with Gasteiger partial charge < -0.3 is 9.64 Å². The number of rotatable bonds is 4. The molecule has 4 rings (SSSR count). The lowest BCUT2D eigenvalue weighted by Crippen LogP contribution is -2.39. The van der Waals surface area contributed by atoms with Gasteiger partial charge in [0.1, 0.15) is 5.75 Å². The van der Waals surface area contributed by atoms with Crippen LogP contribution in [0.2, 0.25) is 0 Å². The molecule has 0 saturated carbocycles. The van der Waals surface area contributed by atoms with E-state index in [1.54, 1.807) is 18.5 Å². The van der Waals surface area contributed by atoms with Crippen molar-refractivity contribution in [3.63, 3.8) is 0 Å². The normalized spacial score (nSPS) is 16.7. The van der Waals surface area contributed by atoms with Crippen LogP contribution in [0.4, 0.5) is 0 Å². The third-order valence-corrected chi connectivity index (χ3v) is 4.55. The fraction of sp³-hybridized carbons (Fsp3) is 0.250. The lowest BCUT2D eigenvalue weighted by Gasteiger charge is -2.32. The Morgan fingerprint density at radius 3 is 2.78 bits per heavy atom. The number of ether oxygens (including phenoxy) is 1. The summed E-state index contributed by atoms with van der Waals surface area (Å²) in [6.45, 7) is 1.33. The van der Waals surface area contributed by atoms with Crippen LogP contribution in [0.5, 0.6) is 11.6 Å². The van der Waals surface area contributed by atoms with E-state index in [1.807, 2.05) is 35.2 Å². The SMILES string of the molecule is O=C(c1ccnnc1)N1CCCC(c2cncc(Oc3ccccc3)n2)C1. The largest absolute Gasteiger partial charge is 0.437 e. The van der Waals surface area contributed by atoms with Crippen molar-refractivity contribution < 1.29 is 9.53 Å². The molecule has 7 heteroatoms. The number of carbonyl (C=O) groups is 1. The molecule has 1 amide bonds. The van der Waals surface area contributed by atoms with Crippen LogP contribution in [0.15, 0.2) is 61.2 Å². The van der Waals surface area contributed by atoms with E-state index in [2.05, 4.69) is 20.2 Å². The van der Waals surface area contributed by atoms with E-state index in [9.17, 15) is 4.79 Å². The lowest BCUT2D eigenvalue weighted by molar-refractivity contribution is 0.0705. The minimum Gasteiger partial charge on any atom is -0.437 e. The molecular formula is C20H19N5O2. The molecule has 1 fully saturated rings. The van der Waals surface area contributed by atoms with Crippen LogP contribution in [0.1, 0.15) is 34.8 Å². The van der Waals surface area contributed by atoms with Gasteiger partial charge in [0.25, 0.3) is 5.91 Å². The second-order valence-corrected chi connectivity index (χ2v) is 6.42. The van der Waals surface area contributed by atoms with E-state index in [-0.39, 0.29) is 11.8 Å². The van der Waals surface area contributed by atoms with Gasteiger partial charge in [-0.25, -0.2) is 4.98 Å². The average Bonchev–Trinajstić information content (AvgIpc) is 2.75. The molecule has 0 aliphatic carbocycles. The maximum Gasteiger partial charge on any atom is 0.255 e. The Morgan fingerprint density at radius 1 is 1.07 bits per heavy atom. The zero-order chi connectivity index (χ0) is 18.5. The summed E-state index contributed by atoms with van der Waals surface area (Å²) in [7, 11) is 0. The van der Waals surface area contributed by atoms with Gasteiger partial charge in [-0.1, -0.05) is 18.2 Å². The third kappa shape index (κ3) is 4.08. The van der Waals surface area contributed by atoms with Crippen molar-refractivity contribution in [1.29, 1.82) is 0 Å². The first-order chi connectivity index (χ1) is 13.3. The molecule has 1 aliphatic heterocycles. The molecular weight excluding hydrogens is 342 g/mol. The Hall–Kier alpha value is -3.35. The Balaban J connectivity index is 1.48. The van der Waals surface area contributed by atoms with E-state index in [0.29, 0.717) is 18.0 Å². The first-order valence-corrected chi connectivity index (χ1v) is 8.90. The number of likely N-dealkylation sites (tertiary alicyclic amines) is 1. The molecule has 1 aliphatic rings. The minimum absolute atomic E-state index is 0.0285. The van der Waals surface area contributed by atoms with Crippen LogP contribution in [0.25, 0.3) is 0 Å². The number of nitrogens with zero attached hydrogens (tertiary/aromatic N) is 5. The smallest absolute Gasteiger partial charge is 0.255 e. The van der Waals surface area contributed by atoms with Crippen LogP contribution in [0, 0.1) is 0 Å². The molecule has 1 saturated heterocycles. The van der Waals surface area contributed by atoms with E-state index >= 15 is 0 Å². The van der Waals surface area contributed by atoms with Gasteiger partial charge in [-0.2, -0.15) is 10.2 Å². The Kier molecular flexibility index (Phi) is 5.00. The van der Waals surface area contributed by atoms with Gasteiger partial charge >= 0.3 is 0 Å². The van der Waals surface area contributed by atoms with Gasteiger partial charge in [0.05, 0.1) is 29.8 Å². The first kappa shape index (κ1) is 17.1. The molecule has 27 heavy (non-hydrogen) atoms. The van der Waals surface area contributed by atoms with Gasteiger partial charge in [-0.3, -0.25) is 9.78 Å². The molecule has 1 atom stereocenters. The highest BCUT2D eigenvalue weighted by molar-refractivity contribution is 5.93. The predicted octanol–water partition coefficient (Wildman–Crippen LogP) is 3.08. The Labute approximate surface area is 157 Å². The Bertz CT molecular complexity index is 905. The fourth-order valence-corrected chi connectivity index (χ4v) is 3.22. The summed E-state index contributed by atoms with van der Waals surface area (Å²) in [4.78, 5) is 23.4. The summed E-state index contributed by atoms with van der Waals surface area (Å²) >= 11 is 0. The minimum atomic E-state index is -0.0285. The number of benzene rings is 1. The molecule has 0 bridgehead atoms. The van der Waals surface area contributed by atoms with Crippen LogP contribution < -0.4 is 4.74 Å². The highest BCUT2D eigenvalue weighted by atomic mass is 16.5. The van der Waals surface area contributed by atoms with Crippen LogP contribution in [-0.2, 0) is 0 Å². The molecule has 136 valence electrons. The maximum atomic E-state index is 12.7. The number of carbonyl (C=O) groups excluding carboxylic acids is 1. The average molecular weight is 361 g/mol. The number of para-hydroxylation sites is 1. The third-order valence-electron chi connectivity index (χ3n) is 4.55. The molecule has 3 heterocycles. The number of hydrogen-bond acceptors (Lipinski definition) is 6. The van der Waals surface area contributed by atoms with Gasteiger partial charge in [-0.05, 0) is 31.0 Å². The predicted molar refractivity (Wildman–Crippen MR) is 98.5 cm³/mol. The van der Waals surface area contributed by atoms with E-state index in [4.69, 9.17) is 4.74 Å². The van der Waals surface area contributed by atoms with E-state index in [0.717, 1.165) is 30.8 Å². The van der Waals surface area contributed by atoms with Crippen LogP contribution in [0.3, 0.4) is 0 Å². The summed E-state index contributed by atoms with van der Waals surface area (Å²) in [6, 6.07) is 11.2. The molecule has 1 unspecified atom stereocenters. The maximum absolute atomic E-state index is 12.7. The molecule has 2 aromatic heterocycles. The second-order valence-electron chi connectivity index (χ2n) is 6.42. The second kappa shape index (κ2) is 7.90. The quantitative estimate of drug-likeness (QED) is 0.710. The summed E-state index contributed by atoms with van der Waals surface area (Å²) < 4.78 is 5.78. The summed E-state index contributed by atoms with van der Waals surface area (Å²) in [5.41, 5.74) is 1.40. The van der Waals surface area contributed by atoms with Crippen LogP contribution in [-0.4, -0.2) is 44.1 Å². The number of aromatic nitrogens is 4. The van der Waals surface area contributed by atoms with Gasteiger partial charge in [0, 0.05) is 25.2 Å². The van der Waals surface area contributed by atoms with Crippen molar-refractivity contribution in [3.8, 4) is 11.6 Å². The fourth-order valence-electron chi connectivity index (χ4n) is 3.22. The van der Waals surface area contributed by atoms with Crippen molar-refractivity contribution in [2.45, 2.75) is 18.8 Å².